The second-order valence-corrected chi connectivity index (χ2v) is 33.3. The van der Waals surface area contributed by atoms with Crippen molar-refractivity contribution >= 4 is 144 Å². The molecule has 4 aromatic carbocycles. The van der Waals surface area contributed by atoms with Crippen molar-refractivity contribution in [3.8, 4) is 5.75 Å². The lowest BCUT2D eigenvalue weighted by Gasteiger charge is -2.32. The Bertz CT molecular complexity index is 4720. The zero-order chi connectivity index (χ0) is 98.1. The first-order chi connectivity index (χ1) is 63.2. The van der Waals surface area contributed by atoms with Gasteiger partial charge in [0.05, 0.1) is 13.0 Å². The minimum absolute atomic E-state index is 0.0110. The van der Waals surface area contributed by atoms with E-state index in [0.29, 0.717) is 22.3 Å². The van der Waals surface area contributed by atoms with Gasteiger partial charge in [0.15, 0.2) is 11.9 Å². The smallest absolute Gasteiger partial charge is 0.326 e. The van der Waals surface area contributed by atoms with Crippen LogP contribution in [0.2, 0.25) is 0 Å². The van der Waals surface area contributed by atoms with Crippen LogP contribution in [0.3, 0.4) is 0 Å². The van der Waals surface area contributed by atoms with Crippen LogP contribution >= 0.6 is 25.3 Å². The first kappa shape index (κ1) is 108. The number of nitrogens with zero attached hydrogens (tertiary/aromatic N) is 1. The molecule has 0 aliphatic carbocycles. The Hall–Kier alpha value is -13.7. The number of nitrogens with two attached hydrogens (primary N) is 4. The average Bonchev–Trinajstić information content (AvgIpc) is 1.73. The van der Waals surface area contributed by atoms with Gasteiger partial charge in [0, 0.05) is 69.7 Å². The van der Waals surface area contributed by atoms with Crippen LogP contribution in [0, 0.1) is 22.7 Å². The molecule has 46 heteroatoms. The van der Waals surface area contributed by atoms with Gasteiger partial charge in [-0.05, 0) is 97.6 Å². The zero-order valence-electron chi connectivity index (χ0n) is 74.2. The number of nitrogens with one attached hydrogen (secondary N) is 18. The largest absolute Gasteiger partial charge is 0.508 e. The lowest BCUT2D eigenvalue weighted by atomic mass is 9.97. The fourth-order valence-corrected chi connectivity index (χ4v) is 14.9. The topological polar surface area (TPSA) is 715 Å². The Morgan fingerprint density at radius 1 is 0.451 bits per heavy atom. The van der Waals surface area contributed by atoms with Crippen molar-refractivity contribution < 1.29 is 102 Å². The number of carboxylic acids is 1. The van der Waals surface area contributed by atoms with E-state index in [1.165, 1.54) is 24.3 Å². The molecule has 0 saturated carbocycles. The number of thiol groups is 2. The number of aliphatic hydroxyl groups is 1. The van der Waals surface area contributed by atoms with Gasteiger partial charge in [-0.2, -0.15) is 25.3 Å². The molecule has 2 aliphatic rings. The predicted octanol–water partition coefficient (Wildman–Crippen LogP) is -5.46. The lowest BCUT2D eigenvalue weighted by molar-refractivity contribution is -0.143. The van der Waals surface area contributed by atoms with Gasteiger partial charge in [-0.15, -0.1) is 0 Å². The molecule has 2 heterocycles. The maximum Gasteiger partial charge on any atom is 0.326 e. The number of guanidine groups is 2. The van der Waals surface area contributed by atoms with Crippen molar-refractivity contribution in [3.05, 3.63) is 138 Å². The van der Waals surface area contributed by atoms with Crippen molar-refractivity contribution in [1.82, 2.24) is 90.0 Å². The monoisotopic (exact) mass is 1890 g/mol. The summed E-state index contributed by atoms with van der Waals surface area (Å²) in [7, 11) is 0. The van der Waals surface area contributed by atoms with Crippen molar-refractivity contribution in [2.24, 2.45) is 34.8 Å². The molecule has 2 aliphatic heterocycles. The number of hydrogen-bond donors (Lipinski definition) is 27. The number of aromatic hydroxyl groups is 1. The van der Waals surface area contributed by atoms with Gasteiger partial charge in [0.25, 0.3) is 0 Å². The highest BCUT2D eigenvalue weighted by Crippen LogP contribution is 2.23. The van der Waals surface area contributed by atoms with Crippen LogP contribution in [0.25, 0.3) is 0 Å². The predicted molar refractivity (Wildman–Crippen MR) is 491 cm³/mol. The van der Waals surface area contributed by atoms with E-state index in [1.807, 2.05) is 0 Å². The summed E-state index contributed by atoms with van der Waals surface area (Å²) >= 11 is 8.53. The highest BCUT2D eigenvalue weighted by Gasteiger charge is 2.44. The summed E-state index contributed by atoms with van der Waals surface area (Å²) in [5, 5.41) is 86.9. The number of likely N-dealkylation sites (tertiary alicyclic amines) is 1. The van der Waals surface area contributed by atoms with Crippen LogP contribution in [0.15, 0.2) is 115 Å². The first-order valence-corrected chi connectivity index (χ1v) is 44.7. The van der Waals surface area contributed by atoms with E-state index in [1.54, 1.807) is 119 Å². The summed E-state index contributed by atoms with van der Waals surface area (Å²) in [6.07, 6.45) is -2.77. The molecule has 16 atom stereocenters. The quantitative estimate of drug-likeness (QED) is 0.00849. The molecule has 0 radical (unpaired) electrons. The van der Waals surface area contributed by atoms with Crippen LogP contribution in [0.5, 0.6) is 5.75 Å². The van der Waals surface area contributed by atoms with E-state index in [4.69, 9.17) is 33.8 Å². The third kappa shape index (κ3) is 36.2. The number of rotatable bonds is 55. The molecular weight excluding hydrogens is 1770 g/mol. The van der Waals surface area contributed by atoms with Gasteiger partial charge in [-0.3, -0.25) is 92.3 Å². The molecular formula is C87H123N23O21S2. The van der Waals surface area contributed by atoms with Gasteiger partial charge in [-0.1, -0.05) is 137 Å². The molecule has 2 saturated heterocycles. The summed E-state index contributed by atoms with van der Waals surface area (Å²) in [4.78, 5) is 253. The van der Waals surface area contributed by atoms with Crippen LogP contribution in [0.1, 0.15) is 127 Å². The molecule has 44 nitrogen and oxygen atoms in total. The highest BCUT2D eigenvalue weighted by molar-refractivity contribution is 7.80. The molecule has 4 aromatic rings. The highest BCUT2D eigenvalue weighted by atomic mass is 32.1. The summed E-state index contributed by atoms with van der Waals surface area (Å²) in [5.74, 6) is -20.8. The van der Waals surface area contributed by atoms with Crippen LogP contribution in [-0.4, -0.2) is 267 Å². The molecule has 133 heavy (non-hydrogen) atoms. The summed E-state index contributed by atoms with van der Waals surface area (Å²) in [6.45, 7) is 5.37. The maximum absolute atomic E-state index is 15.1. The normalized spacial score (nSPS) is 16.5. The Balaban J connectivity index is 1.22. The van der Waals surface area contributed by atoms with Crippen LogP contribution in [-0.2, 0) is 112 Å². The second-order valence-electron chi connectivity index (χ2n) is 32.6. The Morgan fingerprint density at radius 2 is 0.820 bits per heavy atom. The molecule has 0 aromatic heterocycles. The SMILES string of the molecule is CC[C@H](C)[C@H](NC(=O)[C@@H]1CCCN1C(=O)[C@H](CC(N)=O)NC(=O)[C@H](Cc1ccccc1)NC(=O)[C@H](Cc1ccc(O)cc1)NC(=O)[C@H](CS)NC(=O)[C@H](CCC(N)=O)NC(=O)[C@H](CCCNC(=N)N)NC(=O)[C@H](Cc1ccccc1)NC(=O)[C@H](CCCNC(=N)N)NC(=O)[C@@H](NC(=O)[C@@H]1CCC(=O)N1)C(C)C)C(=O)N[C@@H](CO)C(=O)N[C@@H](CS)C(=O)N[C@@H](Cc1ccccc1)C(=O)O. The van der Waals surface area contributed by atoms with E-state index < -0.39 is 253 Å². The second kappa shape index (κ2) is 54.9. The van der Waals surface area contributed by atoms with Crippen molar-refractivity contribution in [1.29, 1.82) is 10.8 Å². The van der Waals surface area contributed by atoms with Gasteiger partial charge in [-0.25, -0.2) is 4.79 Å². The third-order valence-corrected chi connectivity index (χ3v) is 22.7. The van der Waals surface area contributed by atoms with E-state index in [2.05, 4.69) is 110 Å². The standard InChI is InChI=1S/C87H123N23O21S2/c1-5-47(4)70(83(128)105-62(43-111)78(123)107-64(45-133)80(125)104-61(85(130)131)41-50-22-13-8-14-23-50)109-81(126)65-26-17-37-110(65)84(129)60(42-67(89)114)103-77(122)58(39-49-20-11-7-12-21-49)101-76(121)59(40-51-27-29-52(112)30-28-51)102-79(124)63(44-132)106-73(118)56(31-33-66(88)113)98-71(116)53(24-15-35-94-86(90)91)97-75(120)57(38-48-18-9-6-10-19-48)100-72(117)54(25-16-36-95-87(92)93)99-82(127)69(46(2)3)108-74(119)55-32-34-68(115)96-55/h6-14,18-23,27-30,46-47,53-65,69-70,111-112,132-133H,5,15-17,24-26,31-45H2,1-4H3,(H2,88,113)(H2,89,114)(H,96,115)(H,97,120)(H,98,116)(H,99,127)(H,100,117)(H,101,121)(H,102,124)(H,103,122)(H,104,125)(H,105,128)(H,106,118)(H,107,123)(H,108,119)(H,109,126)(H,130,131)(H4,90,91,94)(H4,92,93,95)/t47-,53-,54-,55-,56-,57-,58-,59-,60-,61-,62-,63-,64-,65-,69-,70-/m0/s1. The molecule has 29 N–H and O–H groups in total. The number of carbonyl (C=O) groups is 18. The van der Waals surface area contributed by atoms with Crippen LogP contribution < -0.4 is 108 Å². The number of phenols is 1. The lowest BCUT2D eigenvalue weighted by Crippen LogP contribution is -2.62. The molecule has 0 unspecified atom stereocenters. The van der Waals surface area contributed by atoms with Crippen molar-refractivity contribution in [3.63, 3.8) is 0 Å². The third-order valence-electron chi connectivity index (χ3n) is 21.9. The Labute approximate surface area is 778 Å². The first-order valence-electron chi connectivity index (χ1n) is 43.5. The Kier molecular flexibility index (Phi) is 44.6. The Morgan fingerprint density at radius 3 is 1.22 bits per heavy atom. The number of carbonyl (C=O) groups excluding carboxylic acids is 17. The average molecular weight is 1890 g/mol. The van der Waals surface area contributed by atoms with Gasteiger partial charge >= 0.3 is 5.97 Å². The molecule has 724 valence electrons. The van der Waals surface area contributed by atoms with E-state index in [9.17, 15) is 92.0 Å². The molecule has 0 spiro atoms. The minimum atomic E-state index is -1.85. The van der Waals surface area contributed by atoms with Crippen molar-refractivity contribution in [2.75, 3.05) is 37.7 Å². The fourth-order valence-electron chi connectivity index (χ4n) is 14.4. The van der Waals surface area contributed by atoms with Gasteiger partial charge in [0.1, 0.15) is 96.4 Å². The number of hydrogen-bond acceptors (Lipinski definition) is 24. The van der Waals surface area contributed by atoms with Gasteiger partial charge < -0.3 is 128 Å². The number of carboxylic acid groups (broad SMARTS) is 1. The van der Waals surface area contributed by atoms with Gasteiger partial charge in [0.2, 0.25) is 100 Å². The van der Waals surface area contributed by atoms with Crippen molar-refractivity contribution in [2.45, 2.75) is 221 Å². The summed E-state index contributed by atoms with van der Waals surface area (Å²) < 4.78 is 0. The molecule has 17 amide bonds. The molecule has 2 fully saturated rings. The zero-order valence-corrected chi connectivity index (χ0v) is 76.0. The van der Waals surface area contributed by atoms with E-state index in [0.717, 1.165) is 4.90 Å². The number of amides is 17. The maximum atomic E-state index is 15.1. The number of benzene rings is 4. The molecule has 6 rings (SSSR count). The number of phenolic OH excluding ortho intramolecular Hbond substituents is 1. The van der Waals surface area contributed by atoms with Crippen LogP contribution in [0.4, 0.5) is 0 Å². The molecule has 0 bridgehead atoms. The summed E-state index contributed by atoms with van der Waals surface area (Å²) in [6, 6.07) is 7.06. The fraction of sp³-hybridized carbons (Fsp3) is 0.494. The number of aliphatic carboxylic acids is 1. The number of aliphatic hydroxyl groups excluding tert-OH is 1. The minimum Gasteiger partial charge on any atom is -0.508 e. The number of primary amides is 2. The summed E-state index contributed by atoms with van der Waals surface area (Å²) in [5.41, 5.74) is 24.2. The van der Waals surface area contributed by atoms with E-state index in [-0.39, 0.29) is 114 Å². The van der Waals surface area contributed by atoms with E-state index >= 15 is 9.59 Å².